The molecule has 8 heteroatoms. The van der Waals surface area contributed by atoms with Crippen LogP contribution in [0.25, 0.3) is 0 Å². The number of rotatable bonds is 7. The number of hydrogen-bond donors (Lipinski definition) is 0. The second kappa shape index (κ2) is 7.65. The van der Waals surface area contributed by atoms with Crippen LogP contribution < -0.4 is 0 Å². The van der Waals surface area contributed by atoms with Crippen molar-refractivity contribution in [2.75, 3.05) is 37.7 Å². The average molecular weight is 356 g/mol. The highest BCUT2D eigenvalue weighted by Crippen LogP contribution is 2.21. The van der Waals surface area contributed by atoms with Crippen LogP contribution in [0, 0.1) is 6.92 Å². The van der Waals surface area contributed by atoms with Crippen molar-refractivity contribution in [2.45, 2.75) is 33.2 Å². The summed E-state index contributed by atoms with van der Waals surface area (Å²) in [6, 6.07) is -0.238. The zero-order chi connectivity index (χ0) is 17.9. The number of carbonyl (C=O) groups excluding carboxylic acids is 1. The summed E-state index contributed by atoms with van der Waals surface area (Å²) in [5.74, 6) is 0.115. The van der Waals surface area contributed by atoms with E-state index in [4.69, 9.17) is 0 Å². The Morgan fingerprint density at radius 2 is 2.00 bits per heavy atom. The van der Waals surface area contributed by atoms with Crippen LogP contribution in [-0.4, -0.2) is 77.6 Å². The zero-order valence-corrected chi connectivity index (χ0v) is 15.8. The monoisotopic (exact) mass is 356 g/mol. The Balaban J connectivity index is 2.22. The summed E-state index contributed by atoms with van der Waals surface area (Å²) in [5.41, 5.74) is 1.36. The van der Waals surface area contributed by atoms with E-state index in [0.717, 1.165) is 25.3 Å². The highest BCUT2D eigenvalue weighted by molar-refractivity contribution is 7.91. The van der Waals surface area contributed by atoms with Crippen molar-refractivity contribution in [1.82, 2.24) is 19.6 Å². The molecule has 0 aliphatic carbocycles. The molecule has 0 spiro atoms. The smallest absolute Gasteiger partial charge is 0.257 e. The van der Waals surface area contributed by atoms with E-state index in [2.05, 4.69) is 23.8 Å². The third-order valence-electron chi connectivity index (χ3n) is 4.93. The molecule has 136 valence electrons. The number of hydrogen-bond acceptors (Lipinski definition) is 5. The predicted molar refractivity (Wildman–Crippen MR) is 93.8 cm³/mol. The van der Waals surface area contributed by atoms with E-state index in [1.807, 2.05) is 6.92 Å². The summed E-state index contributed by atoms with van der Waals surface area (Å²) >= 11 is 0. The quantitative estimate of drug-likeness (QED) is 0.719. The van der Waals surface area contributed by atoms with Gasteiger partial charge in [0.15, 0.2) is 9.84 Å². The summed E-state index contributed by atoms with van der Waals surface area (Å²) in [7, 11) is -1.24. The van der Waals surface area contributed by atoms with Crippen molar-refractivity contribution in [3.05, 3.63) is 17.5 Å². The van der Waals surface area contributed by atoms with E-state index in [-0.39, 0.29) is 23.5 Å². The molecule has 2 heterocycles. The largest absolute Gasteiger partial charge is 0.333 e. The highest BCUT2D eigenvalue weighted by atomic mass is 32.2. The van der Waals surface area contributed by atoms with Gasteiger partial charge in [-0.3, -0.25) is 9.48 Å². The molecule has 0 radical (unpaired) electrons. The molecule has 1 aromatic heterocycles. The molecule has 2 rings (SSSR count). The first kappa shape index (κ1) is 18.9. The van der Waals surface area contributed by atoms with Gasteiger partial charge in [0.05, 0.1) is 23.3 Å². The SMILES string of the molecule is CCN(CC)CCN(C(=O)c1cnn(C)c1C)[C@@H]1CCS(=O)(=O)C1. The molecular formula is C16H28N4O3S. The number of carbonyl (C=O) groups is 1. The Morgan fingerprint density at radius 3 is 2.46 bits per heavy atom. The van der Waals surface area contributed by atoms with Crippen molar-refractivity contribution in [2.24, 2.45) is 7.05 Å². The summed E-state index contributed by atoms with van der Waals surface area (Å²) < 4.78 is 25.4. The Kier molecular flexibility index (Phi) is 6.03. The fourth-order valence-electron chi connectivity index (χ4n) is 3.12. The molecule has 1 amide bonds. The number of aromatic nitrogens is 2. The zero-order valence-electron chi connectivity index (χ0n) is 15.0. The molecule has 1 saturated heterocycles. The van der Waals surface area contributed by atoms with Crippen molar-refractivity contribution >= 4 is 15.7 Å². The van der Waals surface area contributed by atoms with E-state index in [1.54, 1.807) is 22.8 Å². The third kappa shape index (κ3) is 4.16. The maximum Gasteiger partial charge on any atom is 0.257 e. The van der Waals surface area contributed by atoms with Crippen LogP contribution in [0.15, 0.2) is 6.20 Å². The van der Waals surface area contributed by atoms with Crippen LogP contribution in [0.1, 0.15) is 36.3 Å². The second-order valence-electron chi connectivity index (χ2n) is 6.35. The second-order valence-corrected chi connectivity index (χ2v) is 8.58. The highest BCUT2D eigenvalue weighted by Gasteiger charge is 2.35. The Bertz CT molecular complexity index is 679. The van der Waals surface area contributed by atoms with Crippen LogP contribution in [0.5, 0.6) is 0 Å². The van der Waals surface area contributed by atoms with Gasteiger partial charge >= 0.3 is 0 Å². The average Bonchev–Trinajstić information content (AvgIpc) is 3.06. The van der Waals surface area contributed by atoms with Crippen LogP contribution in [0.3, 0.4) is 0 Å². The molecule has 7 nitrogen and oxygen atoms in total. The fraction of sp³-hybridized carbons (Fsp3) is 0.750. The summed E-state index contributed by atoms with van der Waals surface area (Å²) in [6.45, 7) is 9.13. The summed E-state index contributed by atoms with van der Waals surface area (Å²) in [5, 5.41) is 4.14. The van der Waals surface area contributed by atoms with Gasteiger partial charge in [-0.05, 0) is 26.4 Å². The van der Waals surface area contributed by atoms with Gasteiger partial charge < -0.3 is 9.80 Å². The summed E-state index contributed by atoms with van der Waals surface area (Å²) in [6.07, 6.45) is 2.09. The van der Waals surface area contributed by atoms with Crippen LogP contribution >= 0.6 is 0 Å². The van der Waals surface area contributed by atoms with Crippen molar-refractivity contribution < 1.29 is 13.2 Å². The standard InChI is InChI=1S/C16H28N4O3S/c1-5-19(6-2)8-9-20(14-7-10-24(22,23)12-14)16(21)15-11-17-18(4)13(15)3/h11,14H,5-10,12H2,1-4H3/t14-/m1/s1. The maximum atomic E-state index is 13.0. The molecule has 0 unspecified atom stereocenters. The van der Waals surface area contributed by atoms with Gasteiger partial charge in [0.25, 0.3) is 5.91 Å². The first-order valence-electron chi connectivity index (χ1n) is 8.51. The molecule has 0 saturated carbocycles. The molecule has 0 aromatic carbocycles. The van der Waals surface area contributed by atoms with E-state index < -0.39 is 9.84 Å². The van der Waals surface area contributed by atoms with Gasteiger partial charge in [-0.25, -0.2) is 8.42 Å². The van der Waals surface area contributed by atoms with Gasteiger partial charge in [0.1, 0.15) is 0 Å². The van der Waals surface area contributed by atoms with Crippen LogP contribution in [-0.2, 0) is 16.9 Å². The molecule has 1 aliphatic rings. The number of likely N-dealkylation sites (N-methyl/N-ethyl adjacent to an activating group) is 1. The minimum atomic E-state index is -3.04. The lowest BCUT2D eigenvalue weighted by atomic mass is 10.1. The Morgan fingerprint density at radius 1 is 1.33 bits per heavy atom. The number of nitrogens with zero attached hydrogens (tertiary/aromatic N) is 4. The number of sulfone groups is 1. The normalized spacial score (nSPS) is 19.8. The Labute approximate surface area is 144 Å². The van der Waals surface area contributed by atoms with Crippen LogP contribution in [0.2, 0.25) is 0 Å². The van der Waals surface area contributed by atoms with E-state index >= 15 is 0 Å². The molecule has 1 atom stereocenters. The minimum absolute atomic E-state index is 0.0658. The van der Waals surface area contributed by atoms with Gasteiger partial charge in [-0.2, -0.15) is 5.10 Å². The molecule has 1 fully saturated rings. The topological polar surface area (TPSA) is 75.5 Å². The van der Waals surface area contributed by atoms with Gasteiger partial charge in [-0.1, -0.05) is 13.8 Å². The van der Waals surface area contributed by atoms with Gasteiger partial charge in [-0.15, -0.1) is 0 Å². The Hall–Kier alpha value is -1.41. The van der Waals surface area contributed by atoms with Crippen molar-refractivity contribution in [3.63, 3.8) is 0 Å². The predicted octanol–water partition coefficient (Wildman–Crippen LogP) is 0.700. The lowest BCUT2D eigenvalue weighted by Gasteiger charge is -2.30. The lowest BCUT2D eigenvalue weighted by Crippen LogP contribution is -2.45. The van der Waals surface area contributed by atoms with Gasteiger partial charge in [0, 0.05) is 31.9 Å². The molecule has 1 aliphatic heterocycles. The number of aryl methyl sites for hydroxylation is 1. The first-order valence-corrected chi connectivity index (χ1v) is 10.3. The molecule has 0 bridgehead atoms. The van der Waals surface area contributed by atoms with Crippen LogP contribution in [0.4, 0.5) is 0 Å². The maximum absolute atomic E-state index is 13.0. The van der Waals surface area contributed by atoms with E-state index in [0.29, 0.717) is 18.5 Å². The number of amides is 1. The minimum Gasteiger partial charge on any atom is -0.333 e. The fourth-order valence-corrected chi connectivity index (χ4v) is 4.85. The van der Waals surface area contributed by atoms with Crippen molar-refractivity contribution in [1.29, 1.82) is 0 Å². The first-order chi connectivity index (χ1) is 11.3. The third-order valence-corrected chi connectivity index (χ3v) is 6.68. The van der Waals surface area contributed by atoms with E-state index in [1.165, 1.54) is 0 Å². The molecule has 1 aromatic rings. The van der Waals surface area contributed by atoms with Gasteiger partial charge in [0.2, 0.25) is 0 Å². The summed E-state index contributed by atoms with van der Waals surface area (Å²) in [4.78, 5) is 17.0. The molecule has 0 N–H and O–H groups in total. The van der Waals surface area contributed by atoms with Crippen molar-refractivity contribution in [3.8, 4) is 0 Å². The lowest BCUT2D eigenvalue weighted by molar-refractivity contribution is 0.0673. The molecule has 24 heavy (non-hydrogen) atoms. The molecular weight excluding hydrogens is 328 g/mol. The van der Waals surface area contributed by atoms with E-state index in [9.17, 15) is 13.2 Å².